The van der Waals surface area contributed by atoms with Gasteiger partial charge in [0.1, 0.15) is 5.75 Å². The lowest BCUT2D eigenvalue weighted by Crippen LogP contribution is -1.89. The van der Waals surface area contributed by atoms with Crippen molar-refractivity contribution < 1.29 is 14.2 Å². The highest BCUT2D eigenvalue weighted by Gasteiger charge is 2.15. The molecule has 0 fully saturated rings. The molecule has 2 N–H and O–H groups in total. The summed E-state index contributed by atoms with van der Waals surface area (Å²) in [4.78, 5) is 7.08. The van der Waals surface area contributed by atoms with E-state index in [1.807, 2.05) is 18.2 Å². The van der Waals surface area contributed by atoms with E-state index in [-0.39, 0.29) is 0 Å². The normalized spacial score (nSPS) is 11.7. The van der Waals surface area contributed by atoms with Gasteiger partial charge in [-0.25, -0.2) is 0 Å². The molecule has 0 saturated carbocycles. The predicted molar refractivity (Wildman–Crippen MR) is 105 cm³/mol. The van der Waals surface area contributed by atoms with Gasteiger partial charge in [0.2, 0.25) is 0 Å². The fraction of sp³-hybridized carbons (Fsp3) is 0.143. The van der Waals surface area contributed by atoms with Crippen LogP contribution in [0.5, 0.6) is 17.2 Å². The van der Waals surface area contributed by atoms with E-state index in [0.29, 0.717) is 5.75 Å². The molecule has 0 radical (unpaired) electrons. The van der Waals surface area contributed by atoms with Crippen molar-refractivity contribution in [3.8, 4) is 17.2 Å². The first-order valence-electron chi connectivity index (χ1n) is 8.39. The largest absolute Gasteiger partial charge is 0.497 e. The van der Waals surface area contributed by atoms with Crippen molar-refractivity contribution >= 4 is 43.6 Å². The molecule has 0 atom stereocenters. The molecule has 0 amide bonds. The van der Waals surface area contributed by atoms with Crippen LogP contribution in [-0.4, -0.2) is 31.3 Å². The Morgan fingerprint density at radius 1 is 0.577 bits per heavy atom. The topological polar surface area (TPSA) is 59.3 Å². The van der Waals surface area contributed by atoms with Crippen molar-refractivity contribution in [2.75, 3.05) is 21.3 Å². The summed E-state index contributed by atoms with van der Waals surface area (Å²) in [5.74, 6) is 2.29. The van der Waals surface area contributed by atoms with Crippen LogP contribution < -0.4 is 14.2 Å². The summed E-state index contributed by atoms with van der Waals surface area (Å²) >= 11 is 0. The Morgan fingerprint density at radius 2 is 1.19 bits per heavy atom. The highest BCUT2D eigenvalue weighted by atomic mass is 16.5. The van der Waals surface area contributed by atoms with Crippen LogP contribution in [0, 0.1) is 0 Å². The molecule has 0 spiro atoms. The Bertz CT molecular complexity index is 1300. The molecule has 0 aliphatic rings. The molecule has 0 aliphatic carbocycles. The third kappa shape index (κ3) is 1.91. The molecule has 2 aromatic heterocycles. The second-order valence-corrected chi connectivity index (χ2v) is 6.32. The highest BCUT2D eigenvalue weighted by Crippen LogP contribution is 2.39. The van der Waals surface area contributed by atoms with E-state index >= 15 is 0 Å². The van der Waals surface area contributed by atoms with E-state index in [4.69, 9.17) is 14.2 Å². The third-order valence-corrected chi connectivity index (χ3v) is 5.06. The molecule has 0 unspecified atom stereocenters. The van der Waals surface area contributed by atoms with Crippen LogP contribution in [0.1, 0.15) is 0 Å². The van der Waals surface area contributed by atoms with Crippen LogP contribution in [-0.2, 0) is 0 Å². The summed E-state index contributed by atoms with van der Waals surface area (Å²) in [6.45, 7) is 0. The molecule has 3 aromatic carbocycles. The number of fused-ring (bicyclic) bond motifs is 7. The van der Waals surface area contributed by atoms with E-state index in [2.05, 4.69) is 34.2 Å². The van der Waals surface area contributed by atoms with Crippen molar-refractivity contribution in [2.45, 2.75) is 0 Å². The number of methoxy groups -OCH3 is 3. The smallest absolute Gasteiger partial charge is 0.162 e. The maximum absolute atomic E-state index is 5.46. The van der Waals surface area contributed by atoms with Crippen LogP contribution in [0.3, 0.4) is 0 Å². The second-order valence-electron chi connectivity index (χ2n) is 6.32. The lowest BCUT2D eigenvalue weighted by atomic mass is 10.1. The number of H-pyrrole nitrogens is 2. The molecule has 2 heterocycles. The monoisotopic (exact) mass is 346 g/mol. The van der Waals surface area contributed by atoms with Gasteiger partial charge < -0.3 is 24.2 Å². The standard InChI is InChI=1S/C21H18N2O3/c1-24-11-4-7-16-14(8-11)12-5-6-13-15-9-18(25-2)19(26-3)10-17(15)23-21(13)20(12)22-16/h4-10,22-23H,1-3H3. The number of rotatable bonds is 3. The van der Waals surface area contributed by atoms with E-state index in [1.165, 1.54) is 0 Å². The van der Waals surface area contributed by atoms with Gasteiger partial charge in [-0.2, -0.15) is 0 Å². The molecule has 0 aliphatic heterocycles. The Morgan fingerprint density at radius 3 is 1.85 bits per heavy atom. The Hall–Kier alpha value is -3.34. The summed E-state index contributed by atoms with van der Waals surface area (Å²) in [7, 11) is 4.99. The number of nitrogens with one attached hydrogen (secondary N) is 2. The predicted octanol–water partition coefficient (Wildman–Crippen LogP) is 4.98. The first-order valence-corrected chi connectivity index (χ1v) is 8.39. The van der Waals surface area contributed by atoms with Crippen molar-refractivity contribution in [3.05, 3.63) is 42.5 Å². The summed E-state index contributed by atoms with van der Waals surface area (Å²) in [6.07, 6.45) is 0. The first kappa shape index (κ1) is 15.0. The quantitative estimate of drug-likeness (QED) is 0.484. The van der Waals surface area contributed by atoms with Gasteiger partial charge in [-0.05, 0) is 24.3 Å². The Kier molecular flexibility index (Phi) is 3.06. The van der Waals surface area contributed by atoms with Gasteiger partial charge in [0.05, 0.1) is 37.9 Å². The minimum atomic E-state index is 0.712. The lowest BCUT2D eigenvalue weighted by Gasteiger charge is -2.07. The summed E-state index contributed by atoms with van der Waals surface area (Å²) in [5, 5.41) is 4.56. The molecule has 5 rings (SSSR count). The van der Waals surface area contributed by atoms with Crippen LogP contribution in [0.15, 0.2) is 42.5 Å². The van der Waals surface area contributed by atoms with E-state index in [9.17, 15) is 0 Å². The van der Waals surface area contributed by atoms with Crippen LogP contribution in [0.2, 0.25) is 0 Å². The van der Waals surface area contributed by atoms with Crippen molar-refractivity contribution in [2.24, 2.45) is 0 Å². The summed E-state index contributed by atoms with van der Waals surface area (Å²) in [6, 6.07) is 14.4. The lowest BCUT2D eigenvalue weighted by molar-refractivity contribution is 0.356. The minimum absolute atomic E-state index is 0.712. The molecule has 0 saturated heterocycles. The highest BCUT2D eigenvalue weighted by molar-refractivity contribution is 6.22. The molecular weight excluding hydrogens is 328 g/mol. The number of ether oxygens (including phenoxy) is 3. The van der Waals surface area contributed by atoms with Crippen molar-refractivity contribution in [1.82, 2.24) is 9.97 Å². The van der Waals surface area contributed by atoms with Gasteiger partial charge in [0.25, 0.3) is 0 Å². The fourth-order valence-electron chi connectivity index (χ4n) is 3.77. The van der Waals surface area contributed by atoms with Gasteiger partial charge in [-0.3, -0.25) is 0 Å². The summed E-state index contributed by atoms with van der Waals surface area (Å²) < 4.78 is 16.3. The number of hydrogen-bond donors (Lipinski definition) is 2. The molecular formula is C21H18N2O3. The first-order chi connectivity index (χ1) is 12.7. The third-order valence-electron chi connectivity index (χ3n) is 5.06. The van der Waals surface area contributed by atoms with Crippen molar-refractivity contribution in [3.63, 3.8) is 0 Å². The van der Waals surface area contributed by atoms with Crippen molar-refractivity contribution in [1.29, 1.82) is 0 Å². The molecule has 5 aromatic rings. The molecule has 26 heavy (non-hydrogen) atoms. The van der Waals surface area contributed by atoms with Crippen LogP contribution in [0.4, 0.5) is 0 Å². The number of aromatic amines is 2. The zero-order valence-corrected chi connectivity index (χ0v) is 14.8. The van der Waals surface area contributed by atoms with Crippen LogP contribution in [0.25, 0.3) is 43.6 Å². The zero-order chi connectivity index (χ0) is 17.8. The Labute approximate surface area is 149 Å². The van der Waals surface area contributed by atoms with Gasteiger partial charge in [-0.15, -0.1) is 0 Å². The maximum Gasteiger partial charge on any atom is 0.162 e. The van der Waals surface area contributed by atoms with Gasteiger partial charge >= 0.3 is 0 Å². The molecule has 5 heteroatoms. The average molecular weight is 346 g/mol. The summed E-state index contributed by atoms with van der Waals surface area (Å²) in [5.41, 5.74) is 4.26. The number of hydrogen-bond acceptors (Lipinski definition) is 3. The Balaban J connectivity index is 1.90. The SMILES string of the molecule is COc1ccc2[nH]c3c(ccc4c5cc(OC)c(OC)cc5[nH]c43)c2c1. The zero-order valence-electron chi connectivity index (χ0n) is 14.8. The van der Waals surface area contributed by atoms with Gasteiger partial charge in [-0.1, -0.05) is 12.1 Å². The average Bonchev–Trinajstić information content (AvgIpc) is 3.23. The van der Waals surface area contributed by atoms with E-state index in [0.717, 1.165) is 55.1 Å². The van der Waals surface area contributed by atoms with E-state index < -0.39 is 0 Å². The fourth-order valence-corrected chi connectivity index (χ4v) is 3.77. The van der Waals surface area contributed by atoms with Gasteiger partial charge in [0, 0.05) is 33.1 Å². The maximum atomic E-state index is 5.46. The second kappa shape index (κ2) is 5.33. The van der Waals surface area contributed by atoms with Crippen LogP contribution >= 0.6 is 0 Å². The van der Waals surface area contributed by atoms with E-state index in [1.54, 1.807) is 21.3 Å². The number of benzene rings is 3. The number of aromatic nitrogens is 2. The molecule has 5 nitrogen and oxygen atoms in total. The molecule has 130 valence electrons. The molecule has 0 bridgehead atoms. The minimum Gasteiger partial charge on any atom is -0.497 e. The van der Waals surface area contributed by atoms with Gasteiger partial charge in [0.15, 0.2) is 11.5 Å².